The van der Waals surface area contributed by atoms with Crippen LogP contribution in [0.5, 0.6) is 11.5 Å². The third kappa shape index (κ3) is 3.29. The Balaban J connectivity index is 1.27. The van der Waals surface area contributed by atoms with Gasteiger partial charge in [0.25, 0.3) is 0 Å². The number of anilines is 2. The Labute approximate surface area is 235 Å². The van der Waals surface area contributed by atoms with Crippen LogP contribution in [-0.2, 0) is 32.8 Å². The van der Waals surface area contributed by atoms with E-state index in [2.05, 4.69) is 22.5 Å². The predicted octanol–water partition coefficient (Wildman–Crippen LogP) is 3.67. The Morgan fingerprint density at radius 1 is 0.951 bits per heavy atom. The van der Waals surface area contributed by atoms with Crippen LogP contribution in [0.3, 0.4) is 0 Å². The molecular formula is C32H28N4O5. The molecule has 4 aliphatic rings. The van der Waals surface area contributed by atoms with Crippen molar-refractivity contribution in [3.63, 3.8) is 0 Å². The van der Waals surface area contributed by atoms with Crippen molar-refractivity contribution in [3.05, 3.63) is 83.6 Å². The molecule has 2 fully saturated rings. The highest BCUT2D eigenvalue weighted by molar-refractivity contribution is 6.26. The first-order valence-electron chi connectivity index (χ1n) is 14.0. The Hall–Kier alpha value is -4.63. The summed E-state index contributed by atoms with van der Waals surface area (Å²) in [5.74, 6) is -1.60. The summed E-state index contributed by atoms with van der Waals surface area (Å²) < 4.78 is 11.4. The van der Waals surface area contributed by atoms with Crippen LogP contribution < -0.4 is 25.0 Å². The predicted molar refractivity (Wildman–Crippen MR) is 152 cm³/mol. The zero-order valence-electron chi connectivity index (χ0n) is 22.4. The van der Waals surface area contributed by atoms with Gasteiger partial charge in [0, 0.05) is 40.5 Å². The number of nitrogens with zero attached hydrogens (tertiary/aromatic N) is 1. The summed E-state index contributed by atoms with van der Waals surface area (Å²) >= 11 is 0. The molecule has 9 heteroatoms. The third-order valence-electron chi connectivity index (χ3n) is 9.09. The maximum atomic E-state index is 14.4. The van der Waals surface area contributed by atoms with Gasteiger partial charge in [-0.1, -0.05) is 37.3 Å². The molecule has 4 aromatic rings. The number of hydrogen-bond donors (Lipinski definition) is 3. The maximum Gasteiger partial charge on any atom is 0.250 e. The van der Waals surface area contributed by atoms with Crippen molar-refractivity contribution >= 4 is 40.0 Å². The quantitative estimate of drug-likeness (QED) is 0.336. The highest BCUT2D eigenvalue weighted by atomic mass is 16.6. The van der Waals surface area contributed by atoms with Gasteiger partial charge < -0.3 is 19.8 Å². The number of carbonyl (C=O) groups excluding carboxylic acids is 3. The minimum Gasteiger partial charge on any atom is -0.486 e. The molecule has 3 aromatic carbocycles. The topological polar surface area (TPSA) is 113 Å². The number of rotatable bonds is 4. The number of benzene rings is 3. The first-order valence-corrected chi connectivity index (χ1v) is 14.0. The maximum absolute atomic E-state index is 14.4. The van der Waals surface area contributed by atoms with E-state index in [1.54, 1.807) is 18.2 Å². The van der Waals surface area contributed by atoms with Crippen LogP contribution in [0.25, 0.3) is 10.9 Å². The fourth-order valence-corrected chi connectivity index (χ4v) is 7.21. The molecule has 0 aliphatic carbocycles. The summed E-state index contributed by atoms with van der Waals surface area (Å²) in [5, 5.41) is 7.63. The Bertz CT molecular complexity index is 1780. The number of para-hydroxylation sites is 1. The SMILES string of the molecule is CCc1ccc2c(c1)[C@]1(N[C@@H](Cc3c[nH]c4ccccc34)[C@H]3C(=O)N(c4ccc5c(c4)OCCO5)C(=O)[C@@H]31)C(=O)N2. The van der Waals surface area contributed by atoms with Gasteiger partial charge in [-0.3, -0.25) is 19.7 Å². The molecule has 1 spiro atoms. The average Bonchev–Trinajstić information content (AvgIpc) is 3.71. The van der Waals surface area contributed by atoms with Crippen LogP contribution in [-0.4, -0.2) is 42.0 Å². The average molecular weight is 549 g/mol. The van der Waals surface area contributed by atoms with Crippen molar-refractivity contribution in [2.24, 2.45) is 11.8 Å². The smallest absolute Gasteiger partial charge is 0.250 e. The van der Waals surface area contributed by atoms with Gasteiger partial charge in [-0.05, 0) is 48.2 Å². The van der Waals surface area contributed by atoms with E-state index >= 15 is 0 Å². The van der Waals surface area contributed by atoms with E-state index in [4.69, 9.17) is 9.47 Å². The van der Waals surface area contributed by atoms with Crippen molar-refractivity contribution in [3.8, 4) is 11.5 Å². The standard InChI is InChI=1S/C32H28N4O5/c1-2-17-7-9-23-21(13-17)32(31(39)34-23)28-27(24(35-32)14-18-16-33-22-6-4-3-5-20(18)22)29(37)36(30(28)38)19-8-10-25-26(15-19)41-12-11-40-25/h3-10,13,15-16,24,27-28,33,35H,2,11-12,14H2,1H3,(H,34,39)/t24-,27+,28+,32+/m0/s1. The number of aryl methyl sites for hydroxylation is 1. The summed E-state index contributed by atoms with van der Waals surface area (Å²) in [6.07, 6.45) is 3.20. The summed E-state index contributed by atoms with van der Waals surface area (Å²) in [6.45, 7) is 2.88. The number of H-pyrrole nitrogens is 1. The summed E-state index contributed by atoms with van der Waals surface area (Å²) in [4.78, 5) is 47.2. The minimum atomic E-state index is -1.36. The molecule has 0 radical (unpaired) electrons. The molecule has 1 aromatic heterocycles. The largest absolute Gasteiger partial charge is 0.486 e. The number of carbonyl (C=O) groups is 3. The van der Waals surface area contributed by atoms with E-state index in [-0.39, 0.29) is 11.8 Å². The monoisotopic (exact) mass is 548 g/mol. The van der Waals surface area contributed by atoms with Gasteiger partial charge in [0.15, 0.2) is 11.5 Å². The van der Waals surface area contributed by atoms with E-state index in [1.807, 2.05) is 48.7 Å². The van der Waals surface area contributed by atoms with Gasteiger partial charge in [-0.15, -0.1) is 0 Å². The molecule has 0 unspecified atom stereocenters. The van der Waals surface area contributed by atoms with Gasteiger partial charge in [-0.25, -0.2) is 4.90 Å². The lowest BCUT2D eigenvalue weighted by Crippen LogP contribution is -2.53. The van der Waals surface area contributed by atoms with E-state index in [9.17, 15) is 14.4 Å². The summed E-state index contributed by atoms with van der Waals surface area (Å²) in [6, 6.07) is 18.5. The molecule has 41 heavy (non-hydrogen) atoms. The van der Waals surface area contributed by atoms with E-state index < -0.39 is 29.3 Å². The second-order valence-electron chi connectivity index (χ2n) is 11.2. The van der Waals surface area contributed by atoms with Crippen molar-refractivity contribution in [2.75, 3.05) is 23.4 Å². The molecule has 9 nitrogen and oxygen atoms in total. The lowest BCUT2D eigenvalue weighted by molar-refractivity contribution is -0.130. The van der Waals surface area contributed by atoms with Crippen molar-refractivity contribution in [1.29, 1.82) is 0 Å². The number of imide groups is 1. The number of hydrogen-bond acceptors (Lipinski definition) is 6. The van der Waals surface area contributed by atoms with E-state index in [1.165, 1.54) is 4.90 Å². The zero-order valence-corrected chi connectivity index (χ0v) is 22.4. The molecule has 0 bridgehead atoms. The Kier molecular flexibility index (Phi) is 5.12. The Morgan fingerprint density at radius 2 is 1.78 bits per heavy atom. The van der Waals surface area contributed by atoms with Crippen molar-refractivity contribution < 1.29 is 23.9 Å². The first kappa shape index (κ1) is 24.2. The van der Waals surface area contributed by atoms with Crippen LogP contribution in [0, 0.1) is 11.8 Å². The van der Waals surface area contributed by atoms with E-state index in [0.717, 1.165) is 34.0 Å². The van der Waals surface area contributed by atoms with Crippen LogP contribution in [0.15, 0.2) is 66.9 Å². The molecule has 3 N–H and O–H groups in total. The summed E-state index contributed by atoms with van der Waals surface area (Å²) in [5.41, 5.74) is 3.52. The highest BCUT2D eigenvalue weighted by Gasteiger charge is 2.70. The van der Waals surface area contributed by atoms with Crippen molar-refractivity contribution in [1.82, 2.24) is 10.3 Å². The van der Waals surface area contributed by atoms with Crippen LogP contribution in [0.4, 0.5) is 11.4 Å². The van der Waals surface area contributed by atoms with Crippen molar-refractivity contribution in [2.45, 2.75) is 31.3 Å². The molecule has 8 rings (SSSR count). The molecule has 3 amide bonds. The first-order chi connectivity index (χ1) is 20.0. The number of fused-ring (bicyclic) bond motifs is 6. The molecule has 206 valence electrons. The molecule has 4 aliphatic heterocycles. The number of ether oxygens (including phenoxy) is 2. The third-order valence-corrected chi connectivity index (χ3v) is 9.09. The van der Waals surface area contributed by atoms with Crippen LogP contribution in [0.1, 0.15) is 23.6 Å². The van der Waals surface area contributed by atoms with E-state index in [0.29, 0.717) is 42.5 Å². The van der Waals surface area contributed by atoms with Crippen LogP contribution >= 0.6 is 0 Å². The normalized spacial score (nSPS) is 26.1. The fourth-order valence-electron chi connectivity index (χ4n) is 7.21. The van der Waals surface area contributed by atoms with Gasteiger partial charge in [-0.2, -0.15) is 0 Å². The lowest BCUT2D eigenvalue weighted by Gasteiger charge is -2.30. The summed E-state index contributed by atoms with van der Waals surface area (Å²) in [7, 11) is 0. The van der Waals surface area contributed by atoms with Crippen LogP contribution in [0.2, 0.25) is 0 Å². The minimum absolute atomic E-state index is 0.303. The number of aromatic amines is 1. The second-order valence-corrected chi connectivity index (χ2v) is 11.2. The van der Waals surface area contributed by atoms with Gasteiger partial charge in [0.05, 0.1) is 17.5 Å². The molecule has 4 atom stereocenters. The number of nitrogens with one attached hydrogen (secondary N) is 3. The van der Waals surface area contributed by atoms with Gasteiger partial charge >= 0.3 is 0 Å². The fraction of sp³-hybridized carbons (Fsp3) is 0.281. The molecule has 0 saturated carbocycles. The lowest BCUT2D eigenvalue weighted by atomic mass is 9.76. The zero-order chi connectivity index (χ0) is 27.9. The Morgan fingerprint density at radius 3 is 2.63 bits per heavy atom. The van der Waals surface area contributed by atoms with Gasteiger partial charge in [0.1, 0.15) is 18.8 Å². The number of amides is 3. The second kappa shape index (κ2) is 8.68. The molecule has 5 heterocycles. The van der Waals surface area contributed by atoms with Gasteiger partial charge in [0.2, 0.25) is 17.7 Å². The number of aromatic nitrogens is 1. The molecule has 2 saturated heterocycles. The molecular weight excluding hydrogens is 520 g/mol. The highest BCUT2D eigenvalue weighted by Crippen LogP contribution is 2.54.